The Kier molecular flexibility index (Phi) is 4.08. The van der Waals surface area contributed by atoms with E-state index in [0.717, 1.165) is 18.7 Å². The van der Waals surface area contributed by atoms with E-state index in [1.807, 2.05) is 0 Å². The van der Waals surface area contributed by atoms with Gasteiger partial charge in [-0.25, -0.2) is 0 Å². The van der Waals surface area contributed by atoms with Gasteiger partial charge < -0.3 is 10.1 Å². The highest BCUT2D eigenvalue weighted by Gasteiger charge is 2.25. The number of halogens is 1. The monoisotopic (exact) mass is 331 g/mol. The zero-order valence-electron chi connectivity index (χ0n) is 9.79. The summed E-state index contributed by atoms with van der Waals surface area (Å²) in [5.41, 5.74) is 1.32. The molecule has 88 valence electrons. The fraction of sp³-hybridized carbons (Fsp3) is 0.538. The van der Waals surface area contributed by atoms with Crippen molar-refractivity contribution in [1.29, 1.82) is 0 Å². The van der Waals surface area contributed by atoms with Crippen LogP contribution in [0.5, 0.6) is 5.75 Å². The molecule has 0 bridgehead atoms. The van der Waals surface area contributed by atoms with Crippen molar-refractivity contribution in [3.63, 3.8) is 0 Å². The highest BCUT2D eigenvalue weighted by atomic mass is 127. The highest BCUT2D eigenvalue weighted by molar-refractivity contribution is 14.1. The van der Waals surface area contributed by atoms with Crippen LogP contribution in [0.1, 0.15) is 38.3 Å². The van der Waals surface area contributed by atoms with Crippen LogP contribution in [0.15, 0.2) is 18.2 Å². The zero-order chi connectivity index (χ0) is 11.5. The first kappa shape index (κ1) is 12.2. The van der Waals surface area contributed by atoms with Crippen LogP contribution in [0.2, 0.25) is 0 Å². The Labute approximate surface area is 111 Å². The van der Waals surface area contributed by atoms with E-state index in [1.165, 1.54) is 15.6 Å². The molecule has 2 atom stereocenters. The number of hydrogen-bond donors (Lipinski definition) is 1. The van der Waals surface area contributed by atoms with Gasteiger partial charge in [0.2, 0.25) is 0 Å². The molecule has 1 aromatic carbocycles. The summed E-state index contributed by atoms with van der Waals surface area (Å²) in [4.78, 5) is 0. The molecular formula is C13H18INO. The Balaban J connectivity index is 2.24. The van der Waals surface area contributed by atoms with Crippen molar-refractivity contribution in [3.05, 3.63) is 27.3 Å². The average molecular weight is 331 g/mol. The Hall–Kier alpha value is -0.290. The molecule has 0 saturated carbocycles. The molecule has 0 radical (unpaired) electrons. The third-order valence-electron chi connectivity index (χ3n) is 2.88. The summed E-state index contributed by atoms with van der Waals surface area (Å²) in [5.74, 6) is 1.05. The molecule has 1 heterocycles. The van der Waals surface area contributed by atoms with Gasteiger partial charge in [0, 0.05) is 21.6 Å². The van der Waals surface area contributed by atoms with Crippen LogP contribution in [0.4, 0.5) is 0 Å². The summed E-state index contributed by atoms with van der Waals surface area (Å²) in [5, 5.41) is 3.60. The van der Waals surface area contributed by atoms with E-state index in [0.29, 0.717) is 12.1 Å². The molecule has 3 heteroatoms. The van der Waals surface area contributed by atoms with E-state index in [-0.39, 0.29) is 0 Å². The van der Waals surface area contributed by atoms with Gasteiger partial charge in [0.1, 0.15) is 5.75 Å². The Morgan fingerprint density at radius 2 is 2.31 bits per heavy atom. The molecule has 1 aliphatic rings. The van der Waals surface area contributed by atoms with Crippen molar-refractivity contribution in [2.24, 2.45) is 0 Å². The molecule has 2 unspecified atom stereocenters. The molecule has 1 N–H and O–H groups in total. The summed E-state index contributed by atoms with van der Waals surface area (Å²) in [6, 6.07) is 6.88. The normalized spacial score (nSPS) is 23.7. The maximum atomic E-state index is 5.85. The first-order valence-corrected chi connectivity index (χ1v) is 6.98. The Morgan fingerprint density at radius 1 is 1.50 bits per heavy atom. The second-order valence-electron chi connectivity index (χ2n) is 4.35. The minimum atomic E-state index is 0.307. The quantitative estimate of drug-likeness (QED) is 0.856. The first-order chi connectivity index (χ1) is 7.70. The number of hydrogen-bond acceptors (Lipinski definition) is 2. The van der Waals surface area contributed by atoms with Crippen molar-refractivity contribution < 1.29 is 4.74 Å². The molecule has 1 aliphatic heterocycles. The van der Waals surface area contributed by atoms with Crippen molar-refractivity contribution in [1.82, 2.24) is 5.32 Å². The first-order valence-electron chi connectivity index (χ1n) is 5.90. The van der Waals surface area contributed by atoms with Crippen LogP contribution < -0.4 is 10.1 Å². The highest BCUT2D eigenvalue weighted by Crippen LogP contribution is 2.35. The van der Waals surface area contributed by atoms with E-state index in [2.05, 4.69) is 60.0 Å². The smallest absolute Gasteiger partial charge is 0.124 e. The maximum absolute atomic E-state index is 5.85. The molecule has 1 aromatic rings. The maximum Gasteiger partial charge on any atom is 0.124 e. The summed E-state index contributed by atoms with van der Waals surface area (Å²) < 4.78 is 7.13. The van der Waals surface area contributed by atoms with Gasteiger partial charge in [0.25, 0.3) is 0 Å². The van der Waals surface area contributed by atoms with Gasteiger partial charge in [-0.1, -0.05) is 6.92 Å². The van der Waals surface area contributed by atoms with Gasteiger partial charge >= 0.3 is 0 Å². The van der Waals surface area contributed by atoms with E-state index < -0.39 is 0 Å². The number of ether oxygens (including phenoxy) is 1. The molecule has 0 fully saturated rings. The second kappa shape index (κ2) is 5.36. The lowest BCUT2D eigenvalue weighted by molar-refractivity contribution is 0.166. The minimum Gasteiger partial charge on any atom is -0.490 e. The molecule has 0 aliphatic carbocycles. The third kappa shape index (κ3) is 2.69. The van der Waals surface area contributed by atoms with Crippen LogP contribution in [0.25, 0.3) is 0 Å². The Bertz CT molecular complexity index is 367. The third-order valence-corrected chi connectivity index (χ3v) is 3.55. The lowest BCUT2D eigenvalue weighted by atomic mass is 9.97. The lowest BCUT2D eigenvalue weighted by Gasteiger charge is -2.31. The minimum absolute atomic E-state index is 0.307. The molecule has 2 nitrogen and oxygen atoms in total. The fourth-order valence-corrected chi connectivity index (χ4v) is 2.65. The number of benzene rings is 1. The van der Waals surface area contributed by atoms with Gasteiger partial charge in [-0.3, -0.25) is 0 Å². The van der Waals surface area contributed by atoms with E-state index in [4.69, 9.17) is 4.74 Å². The summed E-state index contributed by atoms with van der Waals surface area (Å²) in [7, 11) is 0. The van der Waals surface area contributed by atoms with Gasteiger partial charge in [0.15, 0.2) is 0 Å². The van der Waals surface area contributed by atoms with E-state index in [9.17, 15) is 0 Å². The van der Waals surface area contributed by atoms with E-state index in [1.54, 1.807) is 0 Å². The average Bonchev–Trinajstić information content (AvgIpc) is 2.26. The second-order valence-corrected chi connectivity index (χ2v) is 5.60. The summed E-state index contributed by atoms with van der Waals surface area (Å²) in [6.45, 7) is 5.41. The summed E-state index contributed by atoms with van der Waals surface area (Å²) >= 11 is 2.36. The van der Waals surface area contributed by atoms with Crippen LogP contribution >= 0.6 is 22.6 Å². The van der Waals surface area contributed by atoms with Gasteiger partial charge in [-0.15, -0.1) is 0 Å². The van der Waals surface area contributed by atoms with Crippen molar-refractivity contribution >= 4 is 22.6 Å². The number of rotatable bonds is 3. The number of nitrogens with one attached hydrogen (secondary N) is 1. The van der Waals surface area contributed by atoms with Gasteiger partial charge in [-0.05, 0) is 60.7 Å². The van der Waals surface area contributed by atoms with Crippen LogP contribution in [0.3, 0.4) is 0 Å². The molecule has 16 heavy (non-hydrogen) atoms. The molecule has 0 amide bonds. The lowest BCUT2D eigenvalue weighted by Crippen LogP contribution is -2.31. The Morgan fingerprint density at radius 3 is 3.06 bits per heavy atom. The zero-order valence-corrected chi connectivity index (χ0v) is 12.0. The predicted molar refractivity (Wildman–Crippen MR) is 74.9 cm³/mol. The van der Waals surface area contributed by atoms with Crippen LogP contribution in [-0.2, 0) is 0 Å². The fourth-order valence-electron chi connectivity index (χ4n) is 2.13. The molecule has 0 saturated heterocycles. The molecule has 0 spiro atoms. The topological polar surface area (TPSA) is 21.3 Å². The van der Waals surface area contributed by atoms with Crippen LogP contribution in [0, 0.1) is 3.57 Å². The van der Waals surface area contributed by atoms with Gasteiger partial charge in [0.05, 0.1) is 6.10 Å². The van der Waals surface area contributed by atoms with Crippen LogP contribution in [-0.4, -0.2) is 12.6 Å². The van der Waals surface area contributed by atoms with Crippen molar-refractivity contribution in [3.8, 4) is 5.75 Å². The molecule has 2 rings (SSSR count). The van der Waals surface area contributed by atoms with Crippen molar-refractivity contribution in [2.45, 2.75) is 38.8 Å². The summed E-state index contributed by atoms with van der Waals surface area (Å²) in [6.07, 6.45) is 2.54. The number of fused-ring (bicyclic) bond motifs is 1. The SMILES string of the molecule is CCCNC1CC(C)Oc2ccc(I)cc21. The predicted octanol–water partition coefficient (Wildman–Crippen LogP) is 3.50. The molecule has 0 aromatic heterocycles. The standard InChI is InChI=1S/C13H18INO/c1-3-6-15-12-7-9(2)16-13-5-4-10(14)8-11(12)13/h4-5,8-9,12,15H,3,6-7H2,1-2H3. The largest absolute Gasteiger partial charge is 0.490 e. The molecular weight excluding hydrogens is 313 g/mol. The van der Waals surface area contributed by atoms with Gasteiger partial charge in [-0.2, -0.15) is 0 Å². The van der Waals surface area contributed by atoms with Crippen molar-refractivity contribution in [2.75, 3.05) is 6.54 Å². The van der Waals surface area contributed by atoms with E-state index >= 15 is 0 Å².